The van der Waals surface area contributed by atoms with E-state index in [0.717, 1.165) is 24.8 Å². The minimum absolute atomic E-state index is 0.0660. The van der Waals surface area contributed by atoms with Gasteiger partial charge in [0.25, 0.3) is 0 Å². The Balaban J connectivity index is 2.40. The predicted octanol–water partition coefficient (Wildman–Crippen LogP) is 4.48. The van der Waals surface area contributed by atoms with Gasteiger partial charge in [0.05, 0.1) is 0 Å². The maximum Gasteiger partial charge on any atom is 0.128 e. The molecule has 0 N–H and O–H groups in total. The van der Waals surface area contributed by atoms with Gasteiger partial charge in [-0.2, -0.15) is 0 Å². The fraction of sp³-hybridized carbons (Fsp3) is 0.385. The summed E-state index contributed by atoms with van der Waals surface area (Å²) in [4.78, 5) is 0. The maximum atomic E-state index is 13.8. The summed E-state index contributed by atoms with van der Waals surface area (Å²) < 4.78 is 13.8. The lowest BCUT2D eigenvalue weighted by molar-refractivity contribution is 0.406. The zero-order valence-electron chi connectivity index (χ0n) is 8.76. The predicted molar refractivity (Wildman–Crippen MR) is 61.8 cm³/mol. The van der Waals surface area contributed by atoms with Crippen molar-refractivity contribution >= 4 is 11.6 Å². The van der Waals surface area contributed by atoms with Gasteiger partial charge in [-0.1, -0.05) is 36.7 Å². The first-order valence-corrected chi connectivity index (χ1v) is 5.60. The third kappa shape index (κ3) is 2.07. The first-order valence-electron chi connectivity index (χ1n) is 5.22. The molecule has 0 heterocycles. The van der Waals surface area contributed by atoms with Crippen molar-refractivity contribution in [2.24, 2.45) is 0 Å². The number of benzene rings is 1. The molecule has 0 fully saturated rings. The number of hydrogen-bond acceptors (Lipinski definition) is 0. The van der Waals surface area contributed by atoms with Crippen molar-refractivity contribution in [1.29, 1.82) is 0 Å². The first kappa shape index (κ1) is 10.7. The Morgan fingerprint density at radius 3 is 2.73 bits per heavy atom. The highest BCUT2D eigenvalue weighted by Gasteiger charge is 2.29. The highest BCUT2D eigenvalue weighted by atomic mass is 35.5. The van der Waals surface area contributed by atoms with Gasteiger partial charge >= 0.3 is 0 Å². The molecule has 15 heavy (non-hydrogen) atoms. The molecule has 2 rings (SSSR count). The molecule has 0 aromatic heterocycles. The van der Waals surface area contributed by atoms with Crippen molar-refractivity contribution in [3.05, 3.63) is 46.8 Å². The summed E-state index contributed by atoms with van der Waals surface area (Å²) in [6.07, 6.45) is 7.24. The van der Waals surface area contributed by atoms with Gasteiger partial charge < -0.3 is 0 Å². The normalized spacial score (nSPS) is 25.5. The van der Waals surface area contributed by atoms with E-state index >= 15 is 0 Å². The van der Waals surface area contributed by atoms with E-state index in [9.17, 15) is 4.39 Å². The molecular weight excluding hydrogens is 211 g/mol. The Morgan fingerprint density at radius 2 is 2.13 bits per heavy atom. The van der Waals surface area contributed by atoms with Gasteiger partial charge in [-0.25, -0.2) is 4.39 Å². The van der Waals surface area contributed by atoms with Gasteiger partial charge in [0.1, 0.15) is 5.82 Å². The lowest BCUT2D eigenvalue weighted by Crippen LogP contribution is -2.24. The maximum absolute atomic E-state index is 13.8. The van der Waals surface area contributed by atoms with Crippen LogP contribution in [0.25, 0.3) is 0 Å². The van der Waals surface area contributed by atoms with E-state index in [2.05, 4.69) is 19.1 Å². The summed E-state index contributed by atoms with van der Waals surface area (Å²) in [6, 6.07) is 4.99. The molecule has 0 saturated carbocycles. The average molecular weight is 225 g/mol. The molecule has 0 spiro atoms. The molecule has 0 saturated heterocycles. The lowest BCUT2D eigenvalue weighted by atomic mass is 9.73. The van der Waals surface area contributed by atoms with Crippen LogP contribution in [0.5, 0.6) is 0 Å². The van der Waals surface area contributed by atoms with Crippen LogP contribution in [0.4, 0.5) is 4.39 Å². The van der Waals surface area contributed by atoms with Gasteiger partial charge in [-0.3, -0.25) is 0 Å². The second kappa shape index (κ2) is 3.97. The SMILES string of the molecule is CC1(c2ccc(Cl)cc2F)CC=CCC1. The highest BCUT2D eigenvalue weighted by molar-refractivity contribution is 6.30. The van der Waals surface area contributed by atoms with Gasteiger partial charge in [-0.15, -0.1) is 0 Å². The van der Waals surface area contributed by atoms with E-state index in [1.165, 1.54) is 6.07 Å². The van der Waals surface area contributed by atoms with E-state index in [1.54, 1.807) is 6.07 Å². The van der Waals surface area contributed by atoms with E-state index in [4.69, 9.17) is 11.6 Å². The molecule has 1 aliphatic carbocycles. The Bertz CT molecular complexity index is 398. The van der Waals surface area contributed by atoms with Crippen molar-refractivity contribution in [1.82, 2.24) is 0 Å². The molecule has 2 heteroatoms. The van der Waals surface area contributed by atoms with Crippen LogP contribution < -0.4 is 0 Å². The van der Waals surface area contributed by atoms with Gasteiger partial charge in [-0.05, 0) is 42.4 Å². The molecule has 0 amide bonds. The minimum atomic E-state index is -0.180. The average Bonchev–Trinajstić information content (AvgIpc) is 2.18. The monoisotopic (exact) mass is 224 g/mol. The highest BCUT2D eigenvalue weighted by Crippen LogP contribution is 2.37. The fourth-order valence-electron chi connectivity index (χ4n) is 2.19. The van der Waals surface area contributed by atoms with Crippen LogP contribution in [0.2, 0.25) is 5.02 Å². The Labute approximate surface area is 94.8 Å². The van der Waals surface area contributed by atoms with Gasteiger partial charge in [0.2, 0.25) is 0 Å². The molecule has 0 aliphatic heterocycles. The largest absolute Gasteiger partial charge is 0.207 e. The summed E-state index contributed by atoms with van der Waals surface area (Å²) in [5.41, 5.74) is 0.722. The third-order valence-corrected chi connectivity index (χ3v) is 3.41. The summed E-state index contributed by atoms with van der Waals surface area (Å²) >= 11 is 5.75. The summed E-state index contributed by atoms with van der Waals surface area (Å²) in [6.45, 7) is 2.11. The van der Waals surface area contributed by atoms with E-state index in [0.29, 0.717) is 5.02 Å². The quantitative estimate of drug-likeness (QED) is 0.617. The smallest absolute Gasteiger partial charge is 0.128 e. The van der Waals surface area contributed by atoms with Crippen LogP contribution >= 0.6 is 11.6 Å². The molecular formula is C13H14ClF. The van der Waals surface area contributed by atoms with E-state index in [-0.39, 0.29) is 11.2 Å². The van der Waals surface area contributed by atoms with E-state index in [1.807, 2.05) is 6.07 Å². The van der Waals surface area contributed by atoms with Gasteiger partial charge in [0.15, 0.2) is 0 Å². The topological polar surface area (TPSA) is 0 Å². The number of halogens is 2. The summed E-state index contributed by atoms with van der Waals surface area (Å²) in [5.74, 6) is -0.180. The van der Waals surface area contributed by atoms with Crippen LogP contribution in [-0.4, -0.2) is 0 Å². The third-order valence-electron chi connectivity index (χ3n) is 3.18. The zero-order valence-corrected chi connectivity index (χ0v) is 9.52. The summed E-state index contributed by atoms with van der Waals surface area (Å²) in [7, 11) is 0. The van der Waals surface area contributed by atoms with Crippen molar-refractivity contribution in [2.75, 3.05) is 0 Å². The van der Waals surface area contributed by atoms with Crippen LogP contribution in [0.1, 0.15) is 31.7 Å². The van der Waals surface area contributed by atoms with Crippen LogP contribution in [0.15, 0.2) is 30.4 Å². The molecule has 1 aromatic carbocycles. The zero-order chi connectivity index (χ0) is 10.9. The first-order chi connectivity index (χ1) is 7.12. The second-order valence-electron chi connectivity index (χ2n) is 4.40. The number of rotatable bonds is 1. The second-order valence-corrected chi connectivity index (χ2v) is 4.84. The standard InChI is InChI=1S/C13H14ClF/c1-13(7-3-2-4-8-13)11-6-5-10(14)9-12(11)15/h2-3,5-6,9H,4,7-8H2,1H3. The molecule has 0 bridgehead atoms. The number of hydrogen-bond donors (Lipinski definition) is 0. The van der Waals surface area contributed by atoms with Crippen LogP contribution in [0, 0.1) is 5.82 Å². The minimum Gasteiger partial charge on any atom is -0.207 e. The van der Waals surface area contributed by atoms with Crippen LogP contribution in [-0.2, 0) is 5.41 Å². The summed E-state index contributed by atoms with van der Waals surface area (Å²) in [5, 5.41) is 0.464. The molecule has 1 unspecified atom stereocenters. The van der Waals surface area contributed by atoms with Crippen molar-refractivity contribution < 1.29 is 4.39 Å². The molecule has 0 nitrogen and oxygen atoms in total. The number of allylic oxidation sites excluding steroid dienone is 2. The molecule has 1 aromatic rings. The lowest BCUT2D eigenvalue weighted by Gasteiger charge is -2.31. The Morgan fingerprint density at radius 1 is 1.33 bits per heavy atom. The Kier molecular flexibility index (Phi) is 2.83. The van der Waals surface area contributed by atoms with Crippen molar-refractivity contribution in [3.8, 4) is 0 Å². The van der Waals surface area contributed by atoms with Crippen molar-refractivity contribution in [3.63, 3.8) is 0 Å². The molecule has 1 atom stereocenters. The molecule has 0 radical (unpaired) electrons. The van der Waals surface area contributed by atoms with Gasteiger partial charge in [0, 0.05) is 5.02 Å². The van der Waals surface area contributed by atoms with Crippen molar-refractivity contribution in [2.45, 2.75) is 31.6 Å². The molecule has 1 aliphatic rings. The van der Waals surface area contributed by atoms with E-state index < -0.39 is 0 Å². The van der Waals surface area contributed by atoms with Crippen LogP contribution in [0.3, 0.4) is 0 Å². The fourth-order valence-corrected chi connectivity index (χ4v) is 2.35. The molecule has 80 valence electrons. The Hall–Kier alpha value is -0.820.